The van der Waals surface area contributed by atoms with Crippen LogP contribution >= 0.6 is 0 Å². The van der Waals surface area contributed by atoms with Crippen molar-refractivity contribution >= 4 is 11.7 Å². The van der Waals surface area contributed by atoms with E-state index in [4.69, 9.17) is 10.9 Å². The third-order valence-corrected chi connectivity index (χ3v) is 3.10. The van der Waals surface area contributed by atoms with Gasteiger partial charge in [0.1, 0.15) is 5.69 Å². The quantitative estimate of drug-likeness (QED) is 0.282. The number of nitrogens with zero attached hydrogens (tertiary/aromatic N) is 3. The number of oxime groups is 1. The molecule has 116 valence electrons. The van der Waals surface area contributed by atoms with Crippen LogP contribution in [0.5, 0.6) is 0 Å². The van der Waals surface area contributed by atoms with Crippen molar-refractivity contribution in [2.45, 2.75) is 20.3 Å². The lowest BCUT2D eigenvalue weighted by Crippen LogP contribution is -2.35. The third kappa shape index (κ3) is 5.39. The Hall–Kier alpha value is -2.15. The molecule has 1 rings (SSSR count). The SMILES string of the molecule is CCCN(CC)CCNC(=O)c1ccc(/C(N)=N/O)cn1. The van der Waals surface area contributed by atoms with Gasteiger partial charge in [-0.3, -0.25) is 9.78 Å². The Balaban J connectivity index is 2.49. The third-order valence-electron chi connectivity index (χ3n) is 3.10. The normalized spacial score (nSPS) is 11.7. The number of hydrogen-bond donors (Lipinski definition) is 3. The molecule has 0 aliphatic heterocycles. The van der Waals surface area contributed by atoms with Crippen molar-refractivity contribution in [3.05, 3.63) is 29.6 Å². The van der Waals surface area contributed by atoms with Gasteiger partial charge in [0.05, 0.1) is 0 Å². The number of amidine groups is 1. The number of nitrogens with two attached hydrogens (primary N) is 1. The molecule has 1 aromatic heterocycles. The van der Waals surface area contributed by atoms with Crippen molar-refractivity contribution in [1.29, 1.82) is 0 Å². The summed E-state index contributed by atoms with van der Waals surface area (Å²) in [6.45, 7) is 7.63. The highest BCUT2D eigenvalue weighted by Crippen LogP contribution is 2.00. The van der Waals surface area contributed by atoms with Gasteiger partial charge in [0.2, 0.25) is 0 Å². The van der Waals surface area contributed by atoms with E-state index in [1.807, 2.05) is 0 Å². The van der Waals surface area contributed by atoms with Crippen LogP contribution in [0.15, 0.2) is 23.5 Å². The monoisotopic (exact) mass is 293 g/mol. The minimum atomic E-state index is -0.228. The lowest BCUT2D eigenvalue weighted by atomic mass is 10.2. The molecule has 0 saturated carbocycles. The van der Waals surface area contributed by atoms with Crippen LogP contribution in [0.1, 0.15) is 36.3 Å². The zero-order valence-electron chi connectivity index (χ0n) is 12.5. The molecule has 0 radical (unpaired) electrons. The molecule has 0 aromatic carbocycles. The maximum Gasteiger partial charge on any atom is 0.269 e. The minimum Gasteiger partial charge on any atom is -0.409 e. The van der Waals surface area contributed by atoms with Crippen LogP contribution in [-0.4, -0.2) is 53.0 Å². The van der Waals surface area contributed by atoms with E-state index in [-0.39, 0.29) is 11.7 Å². The van der Waals surface area contributed by atoms with E-state index in [1.54, 1.807) is 12.1 Å². The maximum atomic E-state index is 11.9. The van der Waals surface area contributed by atoms with Crippen LogP contribution in [0.25, 0.3) is 0 Å². The second-order valence-electron chi connectivity index (χ2n) is 4.61. The molecule has 0 aliphatic rings. The number of carbonyl (C=O) groups is 1. The highest BCUT2D eigenvalue weighted by Gasteiger charge is 2.08. The fourth-order valence-electron chi connectivity index (χ4n) is 1.90. The number of aromatic nitrogens is 1. The van der Waals surface area contributed by atoms with Gasteiger partial charge < -0.3 is 21.2 Å². The zero-order chi connectivity index (χ0) is 15.7. The lowest BCUT2D eigenvalue weighted by molar-refractivity contribution is 0.0943. The molecule has 1 amide bonds. The maximum absolute atomic E-state index is 11.9. The molecule has 0 aliphatic carbocycles. The Labute approximate surface area is 124 Å². The van der Waals surface area contributed by atoms with E-state index in [0.717, 1.165) is 26.1 Å². The van der Waals surface area contributed by atoms with E-state index < -0.39 is 0 Å². The van der Waals surface area contributed by atoms with Crippen LogP contribution in [-0.2, 0) is 0 Å². The summed E-state index contributed by atoms with van der Waals surface area (Å²) in [6, 6.07) is 3.14. The van der Waals surface area contributed by atoms with Crippen LogP contribution in [0.3, 0.4) is 0 Å². The number of carbonyl (C=O) groups excluding carboxylic acids is 1. The molecule has 0 fully saturated rings. The van der Waals surface area contributed by atoms with Gasteiger partial charge >= 0.3 is 0 Å². The van der Waals surface area contributed by atoms with Gasteiger partial charge in [-0.15, -0.1) is 0 Å². The van der Waals surface area contributed by atoms with E-state index >= 15 is 0 Å². The molecule has 7 nitrogen and oxygen atoms in total. The second-order valence-corrected chi connectivity index (χ2v) is 4.61. The Kier molecular flexibility index (Phi) is 7.17. The van der Waals surface area contributed by atoms with E-state index in [2.05, 4.69) is 34.2 Å². The van der Waals surface area contributed by atoms with Crippen molar-refractivity contribution in [1.82, 2.24) is 15.2 Å². The highest BCUT2D eigenvalue weighted by molar-refractivity contribution is 5.98. The smallest absolute Gasteiger partial charge is 0.269 e. The molecular formula is C14H23N5O2. The molecule has 0 saturated heterocycles. The van der Waals surface area contributed by atoms with Gasteiger partial charge in [0.15, 0.2) is 5.84 Å². The summed E-state index contributed by atoms with van der Waals surface area (Å²) in [6.07, 6.45) is 2.50. The van der Waals surface area contributed by atoms with Gasteiger partial charge in [-0.1, -0.05) is 19.0 Å². The fourth-order valence-corrected chi connectivity index (χ4v) is 1.90. The first-order valence-electron chi connectivity index (χ1n) is 7.06. The van der Waals surface area contributed by atoms with Crippen LogP contribution in [0.4, 0.5) is 0 Å². The first-order chi connectivity index (χ1) is 10.1. The minimum absolute atomic E-state index is 0.0346. The number of likely N-dealkylation sites (N-methyl/N-ethyl adjacent to an activating group) is 1. The summed E-state index contributed by atoms with van der Waals surface area (Å²) in [5.74, 6) is -0.263. The van der Waals surface area contributed by atoms with Crippen molar-refractivity contribution in [2.24, 2.45) is 10.9 Å². The van der Waals surface area contributed by atoms with E-state index in [0.29, 0.717) is 17.8 Å². The Morgan fingerprint density at radius 1 is 1.43 bits per heavy atom. The van der Waals surface area contributed by atoms with Gasteiger partial charge in [0, 0.05) is 24.8 Å². The average molecular weight is 293 g/mol. The molecule has 4 N–H and O–H groups in total. The highest BCUT2D eigenvalue weighted by atomic mass is 16.4. The Morgan fingerprint density at radius 3 is 2.71 bits per heavy atom. The molecule has 1 aromatic rings. The summed E-state index contributed by atoms with van der Waals surface area (Å²) in [4.78, 5) is 18.2. The van der Waals surface area contributed by atoms with Crippen molar-refractivity contribution in [3.8, 4) is 0 Å². The van der Waals surface area contributed by atoms with Gasteiger partial charge in [0.25, 0.3) is 5.91 Å². The topological polar surface area (TPSA) is 104 Å². The molecule has 1 heterocycles. The molecule has 0 bridgehead atoms. The second kappa shape index (κ2) is 8.91. The molecule has 21 heavy (non-hydrogen) atoms. The standard InChI is InChI=1S/C14H23N5O2/c1-3-8-19(4-2)9-7-16-14(20)12-6-5-11(10-17-12)13(15)18-21/h5-6,10,21H,3-4,7-9H2,1-2H3,(H2,15,18)(H,16,20). The predicted octanol–water partition coefficient (Wildman–Crippen LogP) is 0.638. The molecule has 0 atom stereocenters. The number of hydrogen-bond acceptors (Lipinski definition) is 5. The van der Waals surface area contributed by atoms with Crippen molar-refractivity contribution in [3.63, 3.8) is 0 Å². The van der Waals surface area contributed by atoms with Gasteiger partial charge in [-0.25, -0.2) is 0 Å². The summed E-state index contributed by atoms with van der Waals surface area (Å²) < 4.78 is 0. The molecule has 0 unspecified atom stereocenters. The average Bonchev–Trinajstić information content (AvgIpc) is 2.53. The molecule has 0 spiro atoms. The first-order valence-corrected chi connectivity index (χ1v) is 7.06. The number of rotatable bonds is 8. The number of amides is 1. The largest absolute Gasteiger partial charge is 0.409 e. The van der Waals surface area contributed by atoms with Crippen LogP contribution in [0, 0.1) is 0 Å². The summed E-state index contributed by atoms with van der Waals surface area (Å²) in [5, 5.41) is 14.3. The zero-order valence-corrected chi connectivity index (χ0v) is 12.5. The number of pyridine rings is 1. The number of nitrogens with one attached hydrogen (secondary N) is 1. The molecular weight excluding hydrogens is 270 g/mol. The van der Waals surface area contributed by atoms with Gasteiger partial charge in [-0.2, -0.15) is 0 Å². The summed E-state index contributed by atoms with van der Waals surface area (Å²) in [5.41, 5.74) is 6.21. The summed E-state index contributed by atoms with van der Waals surface area (Å²) >= 11 is 0. The first kappa shape index (κ1) is 16.9. The Bertz CT molecular complexity index is 473. The summed E-state index contributed by atoms with van der Waals surface area (Å²) in [7, 11) is 0. The lowest BCUT2D eigenvalue weighted by Gasteiger charge is -2.19. The van der Waals surface area contributed by atoms with Crippen LogP contribution in [0.2, 0.25) is 0 Å². The van der Waals surface area contributed by atoms with E-state index in [1.165, 1.54) is 6.20 Å². The van der Waals surface area contributed by atoms with Crippen molar-refractivity contribution in [2.75, 3.05) is 26.2 Å². The Morgan fingerprint density at radius 2 is 2.19 bits per heavy atom. The fraction of sp³-hybridized carbons (Fsp3) is 0.500. The van der Waals surface area contributed by atoms with Crippen molar-refractivity contribution < 1.29 is 10.0 Å². The molecule has 7 heteroatoms. The predicted molar refractivity (Wildman–Crippen MR) is 81.5 cm³/mol. The van der Waals surface area contributed by atoms with Gasteiger partial charge in [-0.05, 0) is 31.6 Å². The van der Waals surface area contributed by atoms with Crippen LogP contribution < -0.4 is 11.1 Å². The van der Waals surface area contributed by atoms with E-state index in [9.17, 15) is 4.79 Å².